The Kier molecular flexibility index (Phi) is 7.35. The molecule has 5 heteroatoms. The SMILES string of the molecule is COCC1CCC(CCc2ccc(C#Cc3ccc4c(F)c(F)c(F)cc4c3)c(F)c2)CC1. The van der Waals surface area contributed by atoms with Crippen LogP contribution < -0.4 is 0 Å². The Bertz CT molecular complexity index is 1200. The predicted octanol–water partition coefficient (Wildman–Crippen LogP) is 7.18. The van der Waals surface area contributed by atoms with Crippen LogP contribution in [0.15, 0.2) is 42.5 Å². The smallest absolute Gasteiger partial charge is 0.195 e. The number of benzene rings is 3. The zero-order valence-corrected chi connectivity index (χ0v) is 18.6. The number of ether oxygens (including phenoxy) is 1. The van der Waals surface area contributed by atoms with E-state index in [-0.39, 0.29) is 22.2 Å². The highest BCUT2D eigenvalue weighted by atomic mass is 19.2. The van der Waals surface area contributed by atoms with E-state index in [2.05, 4.69) is 11.8 Å². The average molecular weight is 455 g/mol. The lowest BCUT2D eigenvalue weighted by Crippen LogP contribution is -2.18. The molecular weight excluding hydrogens is 428 g/mol. The summed E-state index contributed by atoms with van der Waals surface area (Å²) < 4.78 is 60.6. The molecule has 0 amide bonds. The van der Waals surface area contributed by atoms with E-state index in [4.69, 9.17) is 4.74 Å². The van der Waals surface area contributed by atoms with Crippen molar-refractivity contribution < 1.29 is 22.3 Å². The summed E-state index contributed by atoms with van der Waals surface area (Å²) in [7, 11) is 1.75. The second kappa shape index (κ2) is 10.4. The summed E-state index contributed by atoms with van der Waals surface area (Å²) in [5.41, 5.74) is 1.67. The molecule has 1 aliphatic rings. The zero-order chi connectivity index (χ0) is 23.4. The van der Waals surface area contributed by atoms with Gasteiger partial charge in [0.05, 0.1) is 5.56 Å². The van der Waals surface area contributed by atoms with Gasteiger partial charge in [0.15, 0.2) is 17.5 Å². The monoisotopic (exact) mass is 454 g/mol. The third-order valence-electron chi connectivity index (χ3n) is 6.56. The minimum atomic E-state index is -1.50. The molecule has 4 rings (SSSR count). The molecule has 0 atom stereocenters. The van der Waals surface area contributed by atoms with Crippen LogP contribution in [-0.4, -0.2) is 13.7 Å². The van der Waals surface area contributed by atoms with E-state index in [0.29, 0.717) is 17.4 Å². The Morgan fingerprint density at radius 3 is 2.30 bits per heavy atom. The molecule has 1 saturated carbocycles. The highest BCUT2D eigenvalue weighted by molar-refractivity contribution is 5.84. The predicted molar refractivity (Wildman–Crippen MR) is 122 cm³/mol. The van der Waals surface area contributed by atoms with E-state index in [1.807, 2.05) is 6.07 Å². The van der Waals surface area contributed by atoms with E-state index in [1.54, 1.807) is 13.2 Å². The first-order valence-corrected chi connectivity index (χ1v) is 11.3. The zero-order valence-electron chi connectivity index (χ0n) is 18.6. The second-order valence-electron chi connectivity index (χ2n) is 8.87. The quantitative estimate of drug-likeness (QED) is 0.225. The molecule has 1 aliphatic carbocycles. The largest absolute Gasteiger partial charge is 0.384 e. The Morgan fingerprint density at radius 1 is 0.818 bits per heavy atom. The van der Waals surface area contributed by atoms with E-state index in [1.165, 1.54) is 49.9 Å². The molecule has 0 bridgehead atoms. The summed E-state index contributed by atoms with van der Waals surface area (Å²) >= 11 is 0. The standard InChI is InChI=1S/C28H26F4O/c1-33-17-21-6-3-18(4-7-21)2-5-20-9-12-22(25(29)15-20)11-8-19-10-13-24-23(14-19)16-26(30)28(32)27(24)31/h9-10,12-16,18,21H,2-7,17H2,1H3. The van der Waals surface area contributed by atoms with Crippen molar-refractivity contribution >= 4 is 10.8 Å². The fourth-order valence-electron chi connectivity index (χ4n) is 4.63. The van der Waals surface area contributed by atoms with Crippen LogP contribution in [0.4, 0.5) is 17.6 Å². The highest BCUT2D eigenvalue weighted by Gasteiger charge is 2.21. The lowest BCUT2D eigenvalue weighted by atomic mass is 9.80. The lowest BCUT2D eigenvalue weighted by molar-refractivity contribution is 0.117. The molecule has 0 radical (unpaired) electrons. The van der Waals surface area contributed by atoms with E-state index in [0.717, 1.165) is 31.1 Å². The highest BCUT2D eigenvalue weighted by Crippen LogP contribution is 2.32. The summed E-state index contributed by atoms with van der Waals surface area (Å²) in [4.78, 5) is 0. The van der Waals surface area contributed by atoms with Gasteiger partial charge in [0.2, 0.25) is 0 Å². The van der Waals surface area contributed by atoms with Gasteiger partial charge < -0.3 is 4.74 Å². The number of methoxy groups -OCH3 is 1. The number of halogens is 4. The van der Waals surface area contributed by atoms with E-state index < -0.39 is 17.5 Å². The normalized spacial score (nSPS) is 18.2. The van der Waals surface area contributed by atoms with Crippen LogP contribution in [0, 0.1) is 46.9 Å². The van der Waals surface area contributed by atoms with Crippen molar-refractivity contribution in [3.63, 3.8) is 0 Å². The molecule has 33 heavy (non-hydrogen) atoms. The first-order valence-electron chi connectivity index (χ1n) is 11.3. The maximum Gasteiger partial charge on any atom is 0.195 e. The van der Waals surface area contributed by atoms with Gasteiger partial charge in [0.1, 0.15) is 5.82 Å². The molecule has 3 aromatic carbocycles. The van der Waals surface area contributed by atoms with Crippen molar-refractivity contribution in [3.8, 4) is 11.8 Å². The minimum absolute atomic E-state index is 0.0258. The van der Waals surface area contributed by atoms with Crippen LogP contribution in [0.2, 0.25) is 0 Å². The lowest BCUT2D eigenvalue weighted by Gasteiger charge is -2.28. The fraction of sp³-hybridized carbons (Fsp3) is 0.357. The molecular formula is C28H26F4O. The van der Waals surface area contributed by atoms with Crippen LogP contribution in [0.1, 0.15) is 48.8 Å². The first kappa shape index (κ1) is 23.3. The van der Waals surface area contributed by atoms with Gasteiger partial charge in [-0.2, -0.15) is 0 Å². The fourth-order valence-corrected chi connectivity index (χ4v) is 4.63. The molecule has 0 unspecified atom stereocenters. The maximum absolute atomic E-state index is 14.6. The van der Waals surface area contributed by atoms with Crippen LogP contribution in [0.3, 0.4) is 0 Å². The number of fused-ring (bicyclic) bond motifs is 1. The maximum atomic E-state index is 14.6. The topological polar surface area (TPSA) is 9.23 Å². The van der Waals surface area contributed by atoms with Crippen molar-refractivity contribution in [2.24, 2.45) is 11.8 Å². The van der Waals surface area contributed by atoms with Crippen LogP contribution in [0.25, 0.3) is 10.8 Å². The Morgan fingerprint density at radius 2 is 1.58 bits per heavy atom. The first-order chi connectivity index (χ1) is 15.9. The van der Waals surface area contributed by atoms with Crippen molar-refractivity contribution in [2.45, 2.75) is 38.5 Å². The van der Waals surface area contributed by atoms with Gasteiger partial charge in [0, 0.05) is 24.7 Å². The van der Waals surface area contributed by atoms with Crippen LogP contribution >= 0.6 is 0 Å². The van der Waals surface area contributed by atoms with Crippen molar-refractivity contribution in [2.75, 3.05) is 13.7 Å². The molecule has 1 fully saturated rings. The molecule has 0 heterocycles. The third-order valence-corrected chi connectivity index (χ3v) is 6.56. The molecule has 0 saturated heterocycles. The van der Waals surface area contributed by atoms with Gasteiger partial charge >= 0.3 is 0 Å². The summed E-state index contributed by atoms with van der Waals surface area (Å²) in [5, 5.41) is 0.174. The average Bonchev–Trinajstić information content (AvgIpc) is 2.81. The number of hydrogen-bond donors (Lipinski definition) is 0. The molecule has 0 spiro atoms. The van der Waals surface area contributed by atoms with Crippen molar-refractivity contribution in [1.29, 1.82) is 0 Å². The second-order valence-corrected chi connectivity index (χ2v) is 8.87. The van der Waals surface area contributed by atoms with E-state index in [9.17, 15) is 17.6 Å². The summed E-state index contributed by atoms with van der Waals surface area (Å²) in [5.74, 6) is 2.59. The summed E-state index contributed by atoms with van der Waals surface area (Å²) in [6.07, 6.45) is 6.69. The van der Waals surface area contributed by atoms with Crippen LogP contribution in [0.5, 0.6) is 0 Å². The molecule has 1 nitrogen and oxygen atoms in total. The molecule has 0 N–H and O–H groups in total. The molecule has 0 aromatic heterocycles. The van der Waals surface area contributed by atoms with Gasteiger partial charge in [-0.3, -0.25) is 0 Å². The van der Waals surface area contributed by atoms with Crippen molar-refractivity contribution in [3.05, 3.63) is 82.4 Å². The minimum Gasteiger partial charge on any atom is -0.384 e. The summed E-state index contributed by atoms with van der Waals surface area (Å²) in [6, 6.07) is 10.3. The van der Waals surface area contributed by atoms with Crippen LogP contribution in [-0.2, 0) is 11.2 Å². The van der Waals surface area contributed by atoms with Gasteiger partial charge in [-0.1, -0.05) is 36.8 Å². The number of hydrogen-bond acceptors (Lipinski definition) is 1. The molecule has 0 aliphatic heterocycles. The molecule has 172 valence electrons. The third kappa shape index (κ3) is 5.57. The number of rotatable bonds is 5. The van der Waals surface area contributed by atoms with Gasteiger partial charge in [-0.05, 0) is 78.8 Å². The van der Waals surface area contributed by atoms with Gasteiger partial charge in [-0.25, -0.2) is 17.6 Å². The van der Waals surface area contributed by atoms with E-state index >= 15 is 0 Å². The summed E-state index contributed by atoms with van der Waals surface area (Å²) in [6.45, 7) is 0.839. The number of aryl methyl sites for hydroxylation is 1. The molecule has 3 aromatic rings. The van der Waals surface area contributed by atoms with Gasteiger partial charge in [-0.15, -0.1) is 0 Å². The Hall–Kier alpha value is -2.84. The Balaban J connectivity index is 1.41. The Labute approximate surface area is 191 Å². The van der Waals surface area contributed by atoms with Gasteiger partial charge in [0.25, 0.3) is 0 Å². The van der Waals surface area contributed by atoms with Crippen molar-refractivity contribution in [1.82, 2.24) is 0 Å².